The van der Waals surface area contributed by atoms with E-state index in [1.54, 1.807) is 29.1 Å². The first-order chi connectivity index (χ1) is 8.19. The number of aryl methyl sites for hydroxylation is 1. The first-order valence-corrected chi connectivity index (χ1v) is 5.39. The second-order valence-corrected chi connectivity index (χ2v) is 3.61. The van der Waals surface area contributed by atoms with Crippen LogP contribution in [0.5, 0.6) is 0 Å². The number of fused-ring (bicyclic) bond motifs is 1. The predicted molar refractivity (Wildman–Crippen MR) is 65.1 cm³/mol. The number of nitrogens with one attached hydrogen (secondary N) is 1. The molecule has 2 heterocycles. The van der Waals surface area contributed by atoms with Gasteiger partial charge in [0.15, 0.2) is 0 Å². The summed E-state index contributed by atoms with van der Waals surface area (Å²) in [5.41, 5.74) is 0.472. The fourth-order valence-corrected chi connectivity index (χ4v) is 1.76. The van der Waals surface area contributed by atoms with Crippen molar-refractivity contribution < 1.29 is 4.79 Å². The summed E-state index contributed by atoms with van der Waals surface area (Å²) in [6, 6.07) is 3.38. The lowest BCUT2D eigenvalue weighted by Gasteiger charge is -2.09. The fourth-order valence-electron chi connectivity index (χ4n) is 1.76. The van der Waals surface area contributed by atoms with Gasteiger partial charge in [-0.15, -0.1) is 0 Å². The van der Waals surface area contributed by atoms with Gasteiger partial charge in [-0.1, -0.05) is 0 Å². The molecule has 88 valence electrons. The molecule has 5 nitrogen and oxygen atoms in total. The predicted octanol–water partition coefficient (Wildman–Crippen LogP) is 0.776. The number of pyridine rings is 2. The number of aromatic nitrogens is 2. The summed E-state index contributed by atoms with van der Waals surface area (Å²) >= 11 is 0. The molecule has 0 unspecified atom stereocenters. The van der Waals surface area contributed by atoms with Gasteiger partial charge in [-0.05, 0) is 19.1 Å². The summed E-state index contributed by atoms with van der Waals surface area (Å²) in [7, 11) is 1.51. The number of amides is 1. The summed E-state index contributed by atoms with van der Waals surface area (Å²) in [6.45, 7) is 2.59. The Morgan fingerprint density at radius 1 is 1.53 bits per heavy atom. The van der Waals surface area contributed by atoms with Crippen LogP contribution in [0.15, 0.2) is 29.3 Å². The summed E-state index contributed by atoms with van der Waals surface area (Å²) in [5.74, 6) is -0.372. The average Bonchev–Trinajstić information content (AvgIpc) is 2.39. The maximum atomic E-state index is 12.1. The molecule has 5 heteroatoms. The van der Waals surface area contributed by atoms with Crippen LogP contribution < -0.4 is 10.7 Å². The van der Waals surface area contributed by atoms with Crippen LogP contribution in [0, 0.1) is 0 Å². The molecule has 0 saturated heterocycles. The van der Waals surface area contributed by atoms with Crippen LogP contribution >= 0.6 is 0 Å². The summed E-state index contributed by atoms with van der Waals surface area (Å²) < 4.78 is 1.79. The van der Waals surface area contributed by atoms with Gasteiger partial charge < -0.3 is 9.88 Å². The number of hydrogen-bond donors (Lipinski definition) is 1. The van der Waals surface area contributed by atoms with Crippen LogP contribution in [0.4, 0.5) is 0 Å². The normalized spacial score (nSPS) is 10.5. The molecule has 0 bridgehead atoms. The van der Waals surface area contributed by atoms with Gasteiger partial charge in [0, 0.05) is 26.0 Å². The molecule has 0 aliphatic rings. The van der Waals surface area contributed by atoms with Crippen LogP contribution in [0.25, 0.3) is 11.0 Å². The molecule has 0 fully saturated rings. The third-order valence-electron chi connectivity index (χ3n) is 2.65. The summed E-state index contributed by atoms with van der Waals surface area (Å²) in [6.07, 6.45) is 3.18. The molecule has 2 aromatic rings. The summed E-state index contributed by atoms with van der Waals surface area (Å²) in [4.78, 5) is 27.9. The third kappa shape index (κ3) is 1.80. The number of hydrogen-bond acceptors (Lipinski definition) is 3. The number of rotatable bonds is 2. The van der Waals surface area contributed by atoms with E-state index in [0.29, 0.717) is 17.6 Å². The second kappa shape index (κ2) is 4.37. The Bertz CT molecular complexity index is 631. The van der Waals surface area contributed by atoms with Gasteiger partial charge in [0.1, 0.15) is 11.2 Å². The second-order valence-electron chi connectivity index (χ2n) is 3.61. The molecule has 0 radical (unpaired) electrons. The zero-order valence-electron chi connectivity index (χ0n) is 9.73. The highest BCUT2D eigenvalue weighted by Gasteiger charge is 2.13. The zero-order chi connectivity index (χ0) is 12.4. The van der Waals surface area contributed by atoms with Crippen molar-refractivity contribution in [2.75, 3.05) is 7.05 Å². The summed E-state index contributed by atoms with van der Waals surface area (Å²) in [5, 5.41) is 2.93. The lowest BCUT2D eigenvalue weighted by molar-refractivity contribution is 0.0961. The van der Waals surface area contributed by atoms with E-state index in [4.69, 9.17) is 0 Å². The van der Waals surface area contributed by atoms with Gasteiger partial charge >= 0.3 is 0 Å². The molecular weight excluding hydrogens is 218 g/mol. The minimum atomic E-state index is -0.372. The van der Waals surface area contributed by atoms with Crippen molar-refractivity contribution in [1.29, 1.82) is 0 Å². The molecule has 1 N–H and O–H groups in total. The monoisotopic (exact) mass is 231 g/mol. The van der Waals surface area contributed by atoms with Crippen molar-refractivity contribution in [2.45, 2.75) is 13.5 Å². The molecule has 1 amide bonds. The third-order valence-corrected chi connectivity index (χ3v) is 2.65. The largest absolute Gasteiger partial charge is 0.355 e. The highest BCUT2D eigenvalue weighted by atomic mass is 16.2. The van der Waals surface area contributed by atoms with E-state index in [1.165, 1.54) is 7.05 Å². The highest BCUT2D eigenvalue weighted by molar-refractivity contribution is 5.96. The van der Waals surface area contributed by atoms with Gasteiger partial charge in [0.25, 0.3) is 5.91 Å². The lowest BCUT2D eigenvalue weighted by atomic mass is 10.2. The topological polar surface area (TPSA) is 64.0 Å². The van der Waals surface area contributed by atoms with Crippen LogP contribution in [0.3, 0.4) is 0 Å². The lowest BCUT2D eigenvalue weighted by Crippen LogP contribution is -2.27. The Morgan fingerprint density at radius 2 is 2.29 bits per heavy atom. The van der Waals surface area contributed by atoms with E-state index in [1.807, 2.05) is 6.92 Å². The van der Waals surface area contributed by atoms with Gasteiger partial charge in [-0.25, -0.2) is 4.98 Å². The number of carbonyl (C=O) groups is 1. The first kappa shape index (κ1) is 11.3. The molecule has 0 aliphatic carbocycles. The van der Waals surface area contributed by atoms with Crippen LogP contribution in [0.2, 0.25) is 0 Å². The van der Waals surface area contributed by atoms with E-state index in [9.17, 15) is 9.59 Å². The highest BCUT2D eigenvalue weighted by Crippen LogP contribution is 2.08. The standard InChI is InChI=1S/C12H13N3O2/c1-3-15-7-9(12(17)13-2)10(16)8-5-4-6-14-11(8)15/h4-7H,3H2,1-2H3,(H,13,17). The Balaban J connectivity index is 2.85. The molecule has 0 aliphatic heterocycles. The van der Waals surface area contributed by atoms with E-state index < -0.39 is 0 Å². The fraction of sp³-hybridized carbons (Fsp3) is 0.250. The quantitative estimate of drug-likeness (QED) is 0.830. The van der Waals surface area contributed by atoms with Gasteiger partial charge in [-0.2, -0.15) is 0 Å². The van der Waals surface area contributed by atoms with E-state index in [-0.39, 0.29) is 16.9 Å². The number of carbonyl (C=O) groups excluding carboxylic acids is 1. The molecule has 2 aromatic heterocycles. The van der Waals surface area contributed by atoms with Crippen LogP contribution in [-0.2, 0) is 6.54 Å². The van der Waals surface area contributed by atoms with Gasteiger partial charge in [0.2, 0.25) is 5.43 Å². The maximum absolute atomic E-state index is 12.1. The van der Waals surface area contributed by atoms with Gasteiger partial charge in [0.05, 0.1) is 5.39 Å². The number of nitrogens with zero attached hydrogens (tertiary/aromatic N) is 2. The van der Waals surface area contributed by atoms with Crippen LogP contribution in [-0.4, -0.2) is 22.5 Å². The van der Waals surface area contributed by atoms with Crippen molar-refractivity contribution in [3.8, 4) is 0 Å². The van der Waals surface area contributed by atoms with Crippen molar-refractivity contribution in [3.05, 3.63) is 40.3 Å². The molecule has 0 spiro atoms. The minimum Gasteiger partial charge on any atom is -0.355 e. The smallest absolute Gasteiger partial charge is 0.256 e. The Kier molecular flexibility index (Phi) is 2.91. The van der Waals surface area contributed by atoms with Crippen molar-refractivity contribution in [3.63, 3.8) is 0 Å². The van der Waals surface area contributed by atoms with Crippen molar-refractivity contribution in [1.82, 2.24) is 14.9 Å². The Labute approximate surface area is 98.1 Å². The van der Waals surface area contributed by atoms with Crippen molar-refractivity contribution in [2.24, 2.45) is 0 Å². The zero-order valence-corrected chi connectivity index (χ0v) is 9.73. The first-order valence-electron chi connectivity index (χ1n) is 5.39. The molecule has 0 saturated carbocycles. The van der Waals surface area contributed by atoms with E-state index in [0.717, 1.165) is 0 Å². The molecular formula is C12H13N3O2. The molecule has 0 atom stereocenters. The molecule has 17 heavy (non-hydrogen) atoms. The molecule has 2 rings (SSSR count). The Hall–Kier alpha value is -2.17. The van der Waals surface area contributed by atoms with Crippen LogP contribution in [0.1, 0.15) is 17.3 Å². The molecule has 0 aromatic carbocycles. The van der Waals surface area contributed by atoms with Gasteiger partial charge in [-0.3, -0.25) is 9.59 Å². The van der Waals surface area contributed by atoms with E-state index in [2.05, 4.69) is 10.3 Å². The van der Waals surface area contributed by atoms with E-state index >= 15 is 0 Å². The van der Waals surface area contributed by atoms with Crippen molar-refractivity contribution >= 4 is 16.9 Å². The average molecular weight is 231 g/mol. The SMILES string of the molecule is CCn1cc(C(=O)NC)c(=O)c2cccnc21. The minimum absolute atomic E-state index is 0.148. The maximum Gasteiger partial charge on any atom is 0.256 e. The Morgan fingerprint density at radius 3 is 2.94 bits per heavy atom.